The van der Waals surface area contributed by atoms with Crippen molar-refractivity contribution in [2.75, 3.05) is 0 Å². The van der Waals surface area contributed by atoms with Crippen molar-refractivity contribution in [1.82, 2.24) is 0 Å². The van der Waals surface area contributed by atoms with Crippen molar-refractivity contribution in [3.05, 3.63) is 214 Å². The first-order chi connectivity index (χ1) is 32.0. The first-order valence-electron chi connectivity index (χ1n) is 24.6. The molecule has 324 valence electrons. The van der Waals surface area contributed by atoms with Crippen LogP contribution in [0.25, 0.3) is 48.6 Å². The average Bonchev–Trinajstić information content (AvgIpc) is 3.65. The third kappa shape index (κ3) is 6.87. The highest BCUT2D eigenvalue weighted by Crippen LogP contribution is 2.66. The summed E-state index contributed by atoms with van der Waals surface area (Å²) in [5.74, 6) is 1.63. The summed E-state index contributed by atoms with van der Waals surface area (Å²) in [5, 5.41) is 7.35. The molecule has 0 nitrogen and oxygen atoms in total. The van der Waals surface area contributed by atoms with Crippen molar-refractivity contribution in [2.45, 2.75) is 90.9 Å². The van der Waals surface area contributed by atoms with Gasteiger partial charge in [0.05, 0.1) is 0 Å². The SMILES string of the molecule is Cc1cc(C)c(B(c2cccc(-c3cccc(-c4ccc(C56CC7CC(C5)CC(c5ccc(-p8c9ccccc9c9ccccc98)cc5)(C7)C6)cc4)c3)c2)c2c(C)cc(C)cc2C)c(C)c1. The lowest BCUT2D eigenvalue weighted by molar-refractivity contribution is -0.0281. The van der Waals surface area contributed by atoms with Gasteiger partial charge in [-0.2, -0.15) is 0 Å². The highest BCUT2D eigenvalue weighted by Gasteiger charge is 2.58. The summed E-state index contributed by atoms with van der Waals surface area (Å²) in [6.07, 6.45) is 8.10. The van der Waals surface area contributed by atoms with Gasteiger partial charge in [0, 0.05) is 10.2 Å². The molecule has 4 bridgehead atoms. The minimum absolute atomic E-state index is 0.152. The Morgan fingerprint density at radius 2 is 0.864 bits per heavy atom. The first-order valence-corrected chi connectivity index (χ1v) is 25.9. The average molecular weight is 871 g/mol. The van der Waals surface area contributed by atoms with E-state index in [1.807, 2.05) is 0 Å². The van der Waals surface area contributed by atoms with Crippen molar-refractivity contribution in [3.8, 4) is 27.6 Å². The molecule has 4 saturated carbocycles. The third-order valence-electron chi connectivity index (χ3n) is 16.7. The van der Waals surface area contributed by atoms with E-state index in [0.717, 1.165) is 11.8 Å². The number of hydrogen-bond donors (Lipinski definition) is 0. The summed E-state index contributed by atoms with van der Waals surface area (Å²) in [5.41, 5.74) is 21.1. The van der Waals surface area contributed by atoms with Gasteiger partial charge < -0.3 is 0 Å². The second-order valence-electron chi connectivity index (χ2n) is 21.3. The van der Waals surface area contributed by atoms with Crippen LogP contribution in [0.1, 0.15) is 83.0 Å². The quantitative estimate of drug-likeness (QED) is 0.133. The van der Waals surface area contributed by atoms with Gasteiger partial charge in [0.1, 0.15) is 0 Å². The van der Waals surface area contributed by atoms with E-state index in [-0.39, 0.29) is 17.5 Å². The van der Waals surface area contributed by atoms with Crippen LogP contribution >= 0.6 is 7.53 Å². The molecular formula is C64H60BP. The smallest absolute Gasteiger partial charge is 0.0772 e. The van der Waals surface area contributed by atoms with Crippen molar-refractivity contribution in [2.24, 2.45) is 11.8 Å². The fourth-order valence-electron chi connectivity index (χ4n) is 14.7. The molecule has 2 heteroatoms. The van der Waals surface area contributed by atoms with Crippen LogP contribution in [0.4, 0.5) is 0 Å². The Balaban J connectivity index is 0.845. The summed E-state index contributed by atoms with van der Waals surface area (Å²) < 4.78 is 0. The zero-order valence-electron chi connectivity index (χ0n) is 39.6. The first kappa shape index (κ1) is 41.5. The van der Waals surface area contributed by atoms with E-state index >= 15 is 0 Å². The Bertz CT molecular complexity index is 3180. The van der Waals surface area contributed by atoms with Gasteiger partial charge in [0.15, 0.2) is 0 Å². The molecule has 1 heterocycles. The molecule has 1 aromatic heterocycles. The molecule has 0 spiro atoms. The van der Waals surface area contributed by atoms with Gasteiger partial charge >= 0.3 is 0 Å². The lowest BCUT2D eigenvalue weighted by Gasteiger charge is -2.63. The van der Waals surface area contributed by atoms with E-state index in [2.05, 4.69) is 211 Å². The Hall–Kier alpha value is -5.88. The van der Waals surface area contributed by atoms with Gasteiger partial charge in [-0.05, 0) is 158 Å². The molecule has 2 unspecified atom stereocenters. The van der Waals surface area contributed by atoms with Gasteiger partial charge in [-0.3, -0.25) is 0 Å². The van der Waals surface area contributed by atoms with E-state index in [9.17, 15) is 0 Å². The zero-order valence-corrected chi connectivity index (χ0v) is 40.5. The number of aryl methyl sites for hydroxylation is 6. The number of benzene rings is 8. The number of hydrogen-bond acceptors (Lipinski definition) is 0. The Morgan fingerprint density at radius 3 is 1.38 bits per heavy atom. The minimum Gasteiger partial charge on any atom is -0.0772 e. The largest absolute Gasteiger partial charge is 0.242 e. The van der Waals surface area contributed by atoms with E-state index in [4.69, 9.17) is 0 Å². The van der Waals surface area contributed by atoms with Crippen LogP contribution in [-0.2, 0) is 10.8 Å². The molecule has 4 aliphatic carbocycles. The summed E-state index contributed by atoms with van der Waals surface area (Å²) in [7, 11) is -0.531. The number of fused-ring (bicyclic) bond motifs is 3. The van der Waals surface area contributed by atoms with Gasteiger partial charge in [-0.25, -0.2) is 0 Å². The second-order valence-corrected chi connectivity index (χ2v) is 23.4. The molecule has 13 rings (SSSR count). The third-order valence-corrected chi connectivity index (χ3v) is 19.2. The number of rotatable bonds is 8. The molecule has 8 aromatic carbocycles. The van der Waals surface area contributed by atoms with Gasteiger partial charge in [0.25, 0.3) is 0 Å². The van der Waals surface area contributed by atoms with Crippen molar-refractivity contribution in [1.29, 1.82) is 0 Å². The maximum Gasteiger partial charge on any atom is 0.242 e. The van der Waals surface area contributed by atoms with Crippen LogP contribution in [-0.4, -0.2) is 6.71 Å². The molecule has 0 saturated heterocycles. The second kappa shape index (κ2) is 15.9. The fraction of sp³-hybridized carbons (Fsp3) is 0.250. The van der Waals surface area contributed by atoms with Gasteiger partial charge in [0.2, 0.25) is 6.71 Å². The van der Waals surface area contributed by atoms with Crippen LogP contribution in [0.15, 0.2) is 170 Å². The molecule has 66 heavy (non-hydrogen) atoms. The van der Waals surface area contributed by atoms with Crippen molar-refractivity contribution >= 4 is 51.6 Å². The summed E-state index contributed by atoms with van der Waals surface area (Å²) in [6, 6.07) is 66.4. The van der Waals surface area contributed by atoms with E-state index in [1.54, 1.807) is 11.1 Å². The predicted octanol–water partition coefficient (Wildman–Crippen LogP) is 15.5. The summed E-state index contributed by atoms with van der Waals surface area (Å²) in [6.45, 7) is 13.8. The molecule has 0 N–H and O–H groups in total. The van der Waals surface area contributed by atoms with Gasteiger partial charge in [-0.15, -0.1) is 0 Å². The maximum absolute atomic E-state index is 2.56. The highest BCUT2D eigenvalue weighted by atomic mass is 31.1. The van der Waals surface area contributed by atoms with Gasteiger partial charge in [-0.1, -0.05) is 221 Å². The standard InChI is InChI=1S/C64H60BP/c1-41-29-43(3)61(44(4)30-41)65(62-45(5)31-42(2)32-46(62)6)55-16-12-15-52(35-55)51-14-11-13-50(34-51)49-21-23-53(24-22-49)63-36-47-33-48(37-63)39-64(38-47,40-63)54-25-27-56(28-26-54)66-59-19-9-7-17-57(59)58-18-8-10-20-60(58)66/h7-32,34-35,47-48H,33,36-40H2,1-6H3. The molecule has 9 aromatic rings. The van der Waals surface area contributed by atoms with Crippen molar-refractivity contribution < 1.29 is 0 Å². The molecule has 0 amide bonds. The molecule has 4 fully saturated rings. The van der Waals surface area contributed by atoms with Crippen LogP contribution in [0.5, 0.6) is 0 Å². The summed E-state index contributed by atoms with van der Waals surface area (Å²) >= 11 is 0. The van der Waals surface area contributed by atoms with Crippen molar-refractivity contribution in [3.63, 3.8) is 0 Å². The minimum atomic E-state index is -0.531. The van der Waals surface area contributed by atoms with E-state index < -0.39 is 7.53 Å². The fourth-order valence-corrected chi connectivity index (χ4v) is 17.3. The van der Waals surface area contributed by atoms with E-state index in [1.165, 1.54) is 137 Å². The molecule has 2 atom stereocenters. The monoisotopic (exact) mass is 870 g/mol. The van der Waals surface area contributed by atoms with E-state index in [0.29, 0.717) is 0 Å². The lowest BCUT2D eigenvalue weighted by atomic mass is 9.34. The predicted molar refractivity (Wildman–Crippen MR) is 287 cm³/mol. The maximum atomic E-state index is 2.56. The lowest BCUT2D eigenvalue weighted by Crippen LogP contribution is -2.55. The van der Waals surface area contributed by atoms with Crippen LogP contribution in [0, 0.1) is 53.4 Å². The molecular weight excluding hydrogens is 810 g/mol. The molecule has 4 aliphatic rings. The van der Waals surface area contributed by atoms with Crippen LogP contribution in [0.3, 0.4) is 0 Å². The normalized spacial score (nSPS) is 20.9. The van der Waals surface area contributed by atoms with Crippen LogP contribution < -0.4 is 16.4 Å². The zero-order chi connectivity index (χ0) is 44.9. The molecule has 0 radical (unpaired) electrons. The highest BCUT2D eigenvalue weighted by molar-refractivity contribution is 7.67. The Kier molecular flexibility index (Phi) is 10.0. The Labute approximate surface area is 394 Å². The molecule has 0 aliphatic heterocycles. The summed E-state index contributed by atoms with van der Waals surface area (Å²) in [4.78, 5) is 0. The topological polar surface area (TPSA) is 0 Å². The Morgan fingerprint density at radius 1 is 0.424 bits per heavy atom. The van der Waals surface area contributed by atoms with Crippen LogP contribution in [0.2, 0.25) is 0 Å².